The van der Waals surface area contributed by atoms with Crippen LogP contribution in [0.4, 0.5) is 0 Å². The van der Waals surface area contributed by atoms with E-state index in [0.29, 0.717) is 19.6 Å². The highest BCUT2D eigenvalue weighted by Gasteiger charge is 2.42. The van der Waals surface area contributed by atoms with Crippen molar-refractivity contribution in [2.45, 2.75) is 70.4 Å². The Morgan fingerprint density at radius 2 is 1.41 bits per heavy atom. The monoisotopic (exact) mass is 620 g/mol. The second-order valence-electron chi connectivity index (χ2n) is 11.2. The van der Waals surface area contributed by atoms with Crippen LogP contribution in [0.5, 0.6) is 11.5 Å². The van der Waals surface area contributed by atoms with Crippen LogP contribution >= 0.6 is 8.53 Å². The summed E-state index contributed by atoms with van der Waals surface area (Å²) >= 11 is 0. The largest absolute Gasteiger partial charge is 0.497 e. The zero-order valence-electron chi connectivity index (χ0n) is 26.6. The predicted molar refractivity (Wildman–Crippen MR) is 173 cm³/mol. The van der Waals surface area contributed by atoms with E-state index < -0.39 is 14.1 Å². The van der Waals surface area contributed by atoms with Crippen LogP contribution in [0, 0.1) is 11.3 Å². The fourth-order valence-electron chi connectivity index (χ4n) is 5.60. The fourth-order valence-corrected chi connectivity index (χ4v) is 7.37. The Morgan fingerprint density at radius 1 is 0.864 bits per heavy atom. The summed E-state index contributed by atoms with van der Waals surface area (Å²) in [6.07, 6.45) is 0.481. The molecule has 0 saturated carbocycles. The van der Waals surface area contributed by atoms with E-state index in [4.69, 9.17) is 33.3 Å². The number of hydrogen-bond acceptors (Lipinski definition) is 8. The van der Waals surface area contributed by atoms with Crippen molar-refractivity contribution < 1.29 is 28.0 Å². The molecule has 3 atom stereocenters. The third kappa shape index (κ3) is 7.97. The number of hydrogen-bond donors (Lipinski definition) is 0. The molecule has 0 spiro atoms. The standard InChI is InChI=1S/C35H45N2O6P/c1-26(2)37(27(3)4)44(42-23-10-22-36)43-33-21-24-40-34(33)25-41-35(28-11-8-7-9-12-28,29-13-17-31(38-5)18-14-29)30-15-19-32(39-6)20-16-30/h7-9,11-20,26-27,33-34H,10,21,23-25H2,1-6H3/t33-,34-,44?/m1/s1. The molecular weight excluding hydrogens is 575 g/mol. The van der Waals surface area contributed by atoms with Gasteiger partial charge in [0.15, 0.2) is 0 Å². The molecular formula is C35H45N2O6P. The van der Waals surface area contributed by atoms with Gasteiger partial charge in [0.1, 0.15) is 23.2 Å². The second kappa shape index (κ2) is 16.3. The lowest BCUT2D eigenvalue weighted by molar-refractivity contribution is -0.0673. The minimum Gasteiger partial charge on any atom is -0.497 e. The van der Waals surface area contributed by atoms with E-state index in [0.717, 1.165) is 34.6 Å². The molecule has 0 N–H and O–H groups in total. The molecule has 236 valence electrons. The molecule has 4 rings (SSSR count). The van der Waals surface area contributed by atoms with Crippen molar-refractivity contribution in [2.75, 3.05) is 34.0 Å². The summed E-state index contributed by atoms with van der Waals surface area (Å²) in [6, 6.07) is 28.8. The van der Waals surface area contributed by atoms with Gasteiger partial charge in [0.25, 0.3) is 8.53 Å². The maximum atomic E-state index is 9.12. The molecule has 0 radical (unpaired) electrons. The lowest BCUT2D eigenvalue weighted by atomic mass is 9.80. The zero-order chi connectivity index (χ0) is 31.5. The maximum Gasteiger partial charge on any atom is 0.259 e. The van der Waals surface area contributed by atoms with Gasteiger partial charge in [0, 0.05) is 25.1 Å². The van der Waals surface area contributed by atoms with Crippen LogP contribution in [0.25, 0.3) is 0 Å². The Balaban J connectivity index is 1.69. The highest BCUT2D eigenvalue weighted by atomic mass is 31.2. The Morgan fingerprint density at radius 3 is 1.91 bits per heavy atom. The first-order valence-electron chi connectivity index (χ1n) is 15.2. The molecule has 3 aromatic rings. The predicted octanol–water partition coefficient (Wildman–Crippen LogP) is 7.46. The number of nitriles is 1. The van der Waals surface area contributed by atoms with Gasteiger partial charge in [0.05, 0.1) is 46.0 Å². The summed E-state index contributed by atoms with van der Waals surface area (Å²) in [5, 5.41) is 9.12. The second-order valence-corrected chi connectivity index (χ2v) is 12.6. The van der Waals surface area contributed by atoms with Gasteiger partial charge in [-0.3, -0.25) is 0 Å². The molecule has 44 heavy (non-hydrogen) atoms. The van der Waals surface area contributed by atoms with E-state index in [1.54, 1.807) is 14.2 Å². The Bertz CT molecular complexity index is 1260. The third-order valence-corrected chi connectivity index (χ3v) is 9.83. The van der Waals surface area contributed by atoms with Crippen LogP contribution in [-0.2, 0) is 24.1 Å². The number of ether oxygens (including phenoxy) is 4. The first kappa shape index (κ1) is 33.9. The van der Waals surface area contributed by atoms with E-state index in [2.05, 4.69) is 50.6 Å². The molecule has 1 heterocycles. The lowest BCUT2D eigenvalue weighted by Crippen LogP contribution is -2.39. The summed E-state index contributed by atoms with van der Waals surface area (Å²) in [4.78, 5) is 0. The van der Waals surface area contributed by atoms with Gasteiger partial charge in [-0.15, -0.1) is 0 Å². The summed E-state index contributed by atoms with van der Waals surface area (Å²) in [5.41, 5.74) is 1.95. The molecule has 1 aliphatic rings. The van der Waals surface area contributed by atoms with Crippen LogP contribution in [-0.4, -0.2) is 63.0 Å². The zero-order valence-corrected chi connectivity index (χ0v) is 27.5. The third-order valence-electron chi connectivity index (χ3n) is 7.67. The molecule has 1 unspecified atom stereocenters. The van der Waals surface area contributed by atoms with E-state index >= 15 is 0 Å². The Labute approximate surface area is 263 Å². The van der Waals surface area contributed by atoms with E-state index in [9.17, 15) is 0 Å². The number of rotatable bonds is 16. The molecule has 1 saturated heterocycles. The molecule has 9 heteroatoms. The van der Waals surface area contributed by atoms with Gasteiger partial charge < -0.3 is 28.0 Å². The first-order valence-corrected chi connectivity index (χ1v) is 16.3. The molecule has 0 amide bonds. The smallest absolute Gasteiger partial charge is 0.259 e. The number of benzene rings is 3. The van der Waals surface area contributed by atoms with Crippen LogP contribution < -0.4 is 9.47 Å². The van der Waals surface area contributed by atoms with Crippen molar-refractivity contribution in [2.24, 2.45) is 0 Å². The van der Waals surface area contributed by atoms with Crippen molar-refractivity contribution >= 4 is 8.53 Å². The van der Waals surface area contributed by atoms with Gasteiger partial charge in [-0.1, -0.05) is 54.6 Å². The topological polar surface area (TPSA) is 82.4 Å². The average molecular weight is 621 g/mol. The molecule has 0 aromatic heterocycles. The quantitative estimate of drug-likeness (QED) is 0.0927. The van der Waals surface area contributed by atoms with Crippen LogP contribution in [0.3, 0.4) is 0 Å². The average Bonchev–Trinajstić information content (AvgIpc) is 3.49. The van der Waals surface area contributed by atoms with Crippen molar-refractivity contribution in [1.82, 2.24) is 4.67 Å². The summed E-state index contributed by atoms with van der Waals surface area (Å²) in [5.74, 6) is 1.53. The van der Waals surface area contributed by atoms with E-state index in [-0.39, 0.29) is 30.9 Å². The van der Waals surface area contributed by atoms with E-state index in [1.807, 2.05) is 66.7 Å². The minimum absolute atomic E-state index is 0.205. The Kier molecular flexibility index (Phi) is 12.6. The van der Waals surface area contributed by atoms with Crippen LogP contribution in [0.2, 0.25) is 0 Å². The number of methoxy groups -OCH3 is 2. The normalized spacial score (nSPS) is 17.6. The first-order chi connectivity index (χ1) is 21.3. The van der Waals surface area contributed by atoms with Gasteiger partial charge in [0.2, 0.25) is 0 Å². The molecule has 0 bridgehead atoms. The van der Waals surface area contributed by atoms with Gasteiger partial charge in [-0.05, 0) is 68.7 Å². The van der Waals surface area contributed by atoms with Crippen molar-refractivity contribution in [3.8, 4) is 17.6 Å². The SMILES string of the molecule is COc1ccc(C(OC[C@H]2OCC[C@H]2OP(OCCC#N)N(C(C)C)C(C)C)(c2ccccc2)c2ccc(OC)cc2)cc1. The molecule has 1 fully saturated rings. The molecule has 0 aliphatic carbocycles. The highest BCUT2D eigenvalue weighted by molar-refractivity contribution is 7.44. The summed E-state index contributed by atoms with van der Waals surface area (Å²) in [6.45, 7) is 9.70. The summed E-state index contributed by atoms with van der Waals surface area (Å²) < 4.78 is 39.5. The molecule has 3 aromatic carbocycles. The van der Waals surface area contributed by atoms with Crippen molar-refractivity contribution in [3.05, 3.63) is 95.6 Å². The van der Waals surface area contributed by atoms with Gasteiger partial charge in [-0.2, -0.15) is 5.26 Å². The Hall–Kier alpha value is -3.02. The van der Waals surface area contributed by atoms with Crippen LogP contribution in [0.1, 0.15) is 57.2 Å². The fraction of sp³-hybridized carbons (Fsp3) is 0.457. The highest BCUT2D eigenvalue weighted by Crippen LogP contribution is 2.49. The lowest BCUT2D eigenvalue weighted by Gasteiger charge is -2.39. The van der Waals surface area contributed by atoms with Crippen molar-refractivity contribution in [1.29, 1.82) is 5.26 Å². The maximum absolute atomic E-state index is 9.12. The van der Waals surface area contributed by atoms with Crippen molar-refractivity contribution in [3.63, 3.8) is 0 Å². The van der Waals surface area contributed by atoms with Gasteiger partial charge >= 0.3 is 0 Å². The van der Waals surface area contributed by atoms with E-state index in [1.165, 1.54) is 0 Å². The molecule has 1 aliphatic heterocycles. The number of nitrogens with zero attached hydrogens (tertiary/aromatic N) is 2. The van der Waals surface area contributed by atoms with Crippen LogP contribution in [0.15, 0.2) is 78.9 Å². The van der Waals surface area contributed by atoms with Gasteiger partial charge in [-0.25, -0.2) is 4.67 Å². The minimum atomic E-state index is -1.42. The molecule has 8 nitrogen and oxygen atoms in total. The summed E-state index contributed by atoms with van der Waals surface area (Å²) in [7, 11) is 1.91.